The molecule has 2 aromatic heterocycles. The number of nitrogens with one attached hydrogen (secondary N) is 2. The van der Waals surface area contributed by atoms with E-state index in [1.165, 1.54) is 0 Å². The van der Waals surface area contributed by atoms with Crippen molar-refractivity contribution in [3.8, 4) is 0 Å². The number of aromatic nitrogens is 3. The smallest absolute Gasteiger partial charge is 0.321 e. The minimum absolute atomic E-state index is 0.0881. The molecule has 7 nitrogen and oxygen atoms in total. The number of urea groups is 1. The van der Waals surface area contributed by atoms with E-state index in [9.17, 15) is 4.79 Å². The number of aromatic amines is 1. The topological polar surface area (TPSA) is 77.2 Å². The molecule has 22 heavy (non-hydrogen) atoms. The van der Waals surface area contributed by atoms with Crippen molar-refractivity contribution in [1.29, 1.82) is 0 Å². The molecule has 1 fully saturated rings. The molecule has 1 saturated heterocycles. The standard InChI is InChI=1S/C15H20N6O/c1-11-7-12(9-16-8-11)19-15(22)21-6-5-20(2)13(10-21)14-17-3-4-18-14/h3-4,7-9,13H,5-6,10H2,1-2H3,(H,17,18)(H,19,22)/t13-/m0/s1. The Labute approximate surface area is 129 Å². The molecule has 2 aromatic rings. The molecule has 0 saturated carbocycles. The molecular formula is C15H20N6O. The van der Waals surface area contributed by atoms with Gasteiger partial charge in [0.25, 0.3) is 0 Å². The summed E-state index contributed by atoms with van der Waals surface area (Å²) in [6, 6.07) is 1.90. The van der Waals surface area contributed by atoms with E-state index >= 15 is 0 Å². The number of H-pyrrole nitrogens is 1. The largest absolute Gasteiger partial charge is 0.347 e. The van der Waals surface area contributed by atoms with Crippen LogP contribution in [0.2, 0.25) is 0 Å². The fraction of sp³-hybridized carbons (Fsp3) is 0.400. The molecular weight excluding hydrogens is 280 g/mol. The van der Waals surface area contributed by atoms with Crippen LogP contribution in [-0.4, -0.2) is 57.5 Å². The first-order chi connectivity index (χ1) is 10.6. The lowest BCUT2D eigenvalue weighted by Crippen LogP contribution is -2.50. The van der Waals surface area contributed by atoms with Gasteiger partial charge in [0.15, 0.2) is 0 Å². The summed E-state index contributed by atoms with van der Waals surface area (Å²) < 4.78 is 0. The lowest BCUT2D eigenvalue weighted by atomic mass is 10.1. The highest BCUT2D eigenvalue weighted by molar-refractivity contribution is 5.89. The van der Waals surface area contributed by atoms with Crippen LogP contribution in [0.5, 0.6) is 0 Å². The van der Waals surface area contributed by atoms with Gasteiger partial charge in [0, 0.05) is 38.2 Å². The Balaban J connectivity index is 1.68. The van der Waals surface area contributed by atoms with Crippen LogP contribution in [0.15, 0.2) is 30.9 Å². The molecule has 3 rings (SSSR count). The monoisotopic (exact) mass is 300 g/mol. The summed E-state index contributed by atoms with van der Waals surface area (Å²) in [7, 11) is 2.05. The molecule has 0 bridgehead atoms. The molecule has 116 valence electrons. The fourth-order valence-electron chi connectivity index (χ4n) is 2.64. The zero-order valence-corrected chi connectivity index (χ0v) is 12.8. The Morgan fingerprint density at radius 2 is 2.27 bits per heavy atom. The number of aryl methyl sites for hydroxylation is 1. The summed E-state index contributed by atoms with van der Waals surface area (Å²) >= 11 is 0. The van der Waals surface area contributed by atoms with Crippen LogP contribution >= 0.6 is 0 Å². The molecule has 7 heteroatoms. The summed E-state index contributed by atoms with van der Waals surface area (Å²) in [5, 5.41) is 2.91. The van der Waals surface area contributed by atoms with E-state index in [1.54, 1.807) is 24.8 Å². The number of hydrogen-bond acceptors (Lipinski definition) is 4. The molecule has 2 amide bonds. The van der Waals surface area contributed by atoms with Crippen LogP contribution in [0.3, 0.4) is 0 Å². The maximum Gasteiger partial charge on any atom is 0.321 e. The van der Waals surface area contributed by atoms with E-state index in [0.29, 0.717) is 13.1 Å². The van der Waals surface area contributed by atoms with Gasteiger partial charge in [0.2, 0.25) is 0 Å². The van der Waals surface area contributed by atoms with Gasteiger partial charge in [0.1, 0.15) is 5.82 Å². The van der Waals surface area contributed by atoms with E-state index in [-0.39, 0.29) is 12.1 Å². The van der Waals surface area contributed by atoms with Crippen molar-refractivity contribution in [2.45, 2.75) is 13.0 Å². The number of carbonyl (C=O) groups excluding carboxylic acids is 1. The third kappa shape index (κ3) is 3.09. The number of hydrogen-bond donors (Lipinski definition) is 2. The van der Waals surface area contributed by atoms with Gasteiger partial charge in [-0.1, -0.05) is 0 Å². The van der Waals surface area contributed by atoms with E-state index in [0.717, 1.165) is 23.6 Å². The van der Waals surface area contributed by atoms with Crippen LogP contribution in [-0.2, 0) is 0 Å². The summed E-state index contributed by atoms with van der Waals surface area (Å²) in [4.78, 5) is 28.0. The Morgan fingerprint density at radius 1 is 1.41 bits per heavy atom. The summed E-state index contributed by atoms with van der Waals surface area (Å²) in [6.45, 7) is 4.06. The normalized spacial score (nSPS) is 19.2. The van der Waals surface area contributed by atoms with Crippen molar-refractivity contribution in [2.75, 3.05) is 32.0 Å². The van der Waals surface area contributed by atoms with E-state index in [1.807, 2.05) is 24.9 Å². The number of nitrogens with zero attached hydrogens (tertiary/aromatic N) is 4. The van der Waals surface area contributed by atoms with Crippen LogP contribution < -0.4 is 5.32 Å². The quantitative estimate of drug-likeness (QED) is 0.884. The Hall–Kier alpha value is -2.41. The highest BCUT2D eigenvalue weighted by atomic mass is 16.2. The van der Waals surface area contributed by atoms with Crippen molar-refractivity contribution in [3.05, 3.63) is 42.2 Å². The average molecular weight is 300 g/mol. The van der Waals surface area contributed by atoms with Gasteiger partial charge in [-0.2, -0.15) is 0 Å². The zero-order chi connectivity index (χ0) is 15.5. The predicted molar refractivity (Wildman–Crippen MR) is 83.5 cm³/mol. The zero-order valence-electron chi connectivity index (χ0n) is 12.8. The van der Waals surface area contributed by atoms with Crippen LogP contribution in [0, 0.1) is 6.92 Å². The summed E-state index contributed by atoms with van der Waals surface area (Å²) in [5.41, 5.74) is 1.74. The van der Waals surface area contributed by atoms with Gasteiger partial charge in [-0.3, -0.25) is 9.88 Å². The first kappa shape index (κ1) is 14.5. The SMILES string of the molecule is Cc1cncc(NC(=O)N2CCN(C)[C@H](c3ncc[nH]3)C2)c1. The van der Waals surface area contributed by atoms with Crippen LogP contribution in [0.4, 0.5) is 10.5 Å². The maximum absolute atomic E-state index is 12.4. The van der Waals surface area contributed by atoms with Gasteiger partial charge in [0.05, 0.1) is 17.9 Å². The number of carbonyl (C=O) groups is 1. The van der Waals surface area contributed by atoms with E-state index in [2.05, 4.69) is 25.2 Å². The number of pyridine rings is 1. The van der Waals surface area contributed by atoms with Crippen molar-refractivity contribution in [3.63, 3.8) is 0 Å². The average Bonchev–Trinajstić information content (AvgIpc) is 3.01. The van der Waals surface area contributed by atoms with Crippen molar-refractivity contribution in [1.82, 2.24) is 24.8 Å². The highest BCUT2D eigenvalue weighted by Crippen LogP contribution is 2.21. The summed E-state index contributed by atoms with van der Waals surface area (Å²) in [6.07, 6.45) is 6.96. The van der Waals surface area contributed by atoms with E-state index < -0.39 is 0 Å². The van der Waals surface area contributed by atoms with Gasteiger partial charge in [-0.15, -0.1) is 0 Å². The second kappa shape index (κ2) is 6.15. The molecule has 0 aliphatic carbocycles. The molecule has 0 radical (unpaired) electrons. The van der Waals surface area contributed by atoms with Crippen LogP contribution in [0.25, 0.3) is 0 Å². The minimum atomic E-state index is -0.0999. The molecule has 1 aliphatic heterocycles. The molecule has 1 aliphatic rings. The first-order valence-corrected chi connectivity index (χ1v) is 7.30. The van der Waals surface area contributed by atoms with Gasteiger partial charge >= 0.3 is 6.03 Å². The fourth-order valence-corrected chi connectivity index (χ4v) is 2.64. The molecule has 3 heterocycles. The van der Waals surface area contributed by atoms with Gasteiger partial charge < -0.3 is 15.2 Å². The van der Waals surface area contributed by atoms with Crippen LogP contribution in [0.1, 0.15) is 17.4 Å². The first-order valence-electron chi connectivity index (χ1n) is 7.30. The third-order valence-electron chi connectivity index (χ3n) is 3.90. The van der Waals surface area contributed by atoms with Crippen molar-refractivity contribution < 1.29 is 4.79 Å². The number of anilines is 1. The Bertz CT molecular complexity index is 641. The van der Waals surface area contributed by atoms with E-state index in [4.69, 9.17) is 0 Å². The Morgan fingerprint density at radius 3 is 3.00 bits per heavy atom. The lowest BCUT2D eigenvalue weighted by Gasteiger charge is -2.38. The number of imidazole rings is 1. The maximum atomic E-state index is 12.4. The summed E-state index contributed by atoms with van der Waals surface area (Å²) in [5.74, 6) is 0.886. The lowest BCUT2D eigenvalue weighted by molar-refractivity contribution is 0.112. The molecule has 0 spiro atoms. The number of likely N-dealkylation sites (N-methyl/N-ethyl adjacent to an activating group) is 1. The second-order valence-corrected chi connectivity index (χ2v) is 5.60. The number of amides is 2. The predicted octanol–water partition coefficient (Wildman–Crippen LogP) is 1.63. The highest BCUT2D eigenvalue weighted by Gasteiger charge is 2.29. The van der Waals surface area contributed by atoms with Gasteiger partial charge in [-0.25, -0.2) is 9.78 Å². The molecule has 1 atom stereocenters. The number of piperazine rings is 1. The molecule has 0 aromatic carbocycles. The Kier molecular flexibility index (Phi) is 4.06. The van der Waals surface area contributed by atoms with Crippen molar-refractivity contribution in [2.24, 2.45) is 0 Å². The third-order valence-corrected chi connectivity index (χ3v) is 3.90. The number of rotatable bonds is 2. The molecule has 0 unspecified atom stereocenters. The second-order valence-electron chi connectivity index (χ2n) is 5.60. The van der Waals surface area contributed by atoms with Gasteiger partial charge in [-0.05, 0) is 25.6 Å². The minimum Gasteiger partial charge on any atom is -0.347 e. The van der Waals surface area contributed by atoms with Crippen molar-refractivity contribution >= 4 is 11.7 Å². The molecule has 2 N–H and O–H groups in total.